The van der Waals surface area contributed by atoms with Crippen LogP contribution in [0.5, 0.6) is 5.75 Å². The number of aromatic nitrogens is 2. The molecule has 1 aliphatic heterocycles. The van der Waals surface area contributed by atoms with Crippen molar-refractivity contribution in [2.24, 2.45) is 0 Å². The van der Waals surface area contributed by atoms with Crippen LogP contribution in [-0.2, 0) is 10.0 Å². The Kier molecular flexibility index (Phi) is 4.04. The average Bonchev–Trinajstić information content (AvgIpc) is 3.10. The van der Waals surface area contributed by atoms with Crippen LogP contribution in [0.2, 0.25) is 0 Å². The van der Waals surface area contributed by atoms with E-state index in [1.807, 2.05) is 24.3 Å². The zero-order valence-electron chi connectivity index (χ0n) is 12.3. The fourth-order valence-electron chi connectivity index (χ4n) is 2.52. The number of nitrogens with one attached hydrogen (secondary N) is 1. The highest BCUT2D eigenvalue weighted by Crippen LogP contribution is 2.23. The van der Waals surface area contributed by atoms with E-state index in [4.69, 9.17) is 4.74 Å². The number of piperazine rings is 1. The average molecular weight is 322 g/mol. The second kappa shape index (κ2) is 5.98. The van der Waals surface area contributed by atoms with E-state index in [0.29, 0.717) is 26.2 Å². The predicted molar refractivity (Wildman–Crippen MR) is 82.6 cm³/mol. The van der Waals surface area contributed by atoms with E-state index in [1.165, 1.54) is 16.8 Å². The molecular weight excluding hydrogens is 304 g/mol. The van der Waals surface area contributed by atoms with Crippen LogP contribution in [0, 0.1) is 0 Å². The Morgan fingerprint density at radius 3 is 2.64 bits per heavy atom. The van der Waals surface area contributed by atoms with Crippen molar-refractivity contribution in [1.29, 1.82) is 0 Å². The van der Waals surface area contributed by atoms with Gasteiger partial charge in [-0.2, -0.15) is 4.31 Å². The van der Waals surface area contributed by atoms with Crippen molar-refractivity contribution >= 4 is 15.7 Å². The highest BCUT2D eigenvalue weighted by molar-refractivity contribution is 7.89. The molecule has 0 amide bonds. The van der Waals surface area contributed by atoms with E-state index < -0.39 is 10.0 Å². The second-order valence-corrected chi connectivity index (χ2v) is 6.91. The summed E-state index contributed by atoms with van der Waals surface area (Å²) in [7, 11) is -1.84. The third-order valence-corrected chi connectivity index (χ3v) is 5.57. The molecule has 0 unspecified atom stereocenters. The molecule has 1 aromatic heterocycles. The maximum absolute atomic E-state index is 12.4. The number of aromatic amines is 1. The number of hydrogen-bond donors (Lipinski definition) is 1. The molecule has 1 fully saturated rings. The van der Waals surface area contributed by atoms with Gasteiger partial charge < -0.3 is 14.6 Å². The molecule has 1 aliphatic rings. The first-order valence-corrected chi connectivity index (χ1v) is 8.43. The first-order valence-electron chi connectivity index (χ1n) is 6.99. The summed E-state index contributed by atoms with van der Waals surface area (Å²) in [6.07, 6.45) is 2.71. The number of sulfonamides is 1. The Balaban J connectivity index is 1.70. The van der Waals surface area contributed by atoms with Crippen LogP contribution in [0.1, 0.15) is 0 Å². The monoisotopic (exact) mass is 322 g/mol. The molecule has 1 N–H and O–H groups in total. The normalized spacial score (nSPS) is 16.7. The molecule has 1 aromatic carbocycles. The number of benzene rings is 1. The second-order valence-electron chi connectivity index (χ2n) is 5.01. The number of rotatable bonds is 4. The molecule has 118 valence electrons. The summed E-state index contributed by atoms with van der Waals surface area (Å²) >= 11 is 0. The molecule has 0 bridgehead atoms. The summed E-state index contributed by atoms with van der Waals surface area (Å²) in [5.74, 6) is 0.796. The lowest BCUT2D eigenvalue weighted by Gasteiger charge is -2.35. The fraction of sp³-hybridized carbons (Fsp3) is 0.357. The van der Waals surface area contributed by atoms with Gasteiger partial charge in [-0.25, -0.2) is 13.4 Å². The van der Waals surface area contributed by atoms with E-state index in [-0.39, 0.29) is 5.03 Å². The third-order valence-electron chi connectivity index (χ3n) is 3.75. The summed E-state index contributed by atoms with van der Waals surface area (Å²) in [5.41, 5.74) is 1.04. The Morgan fingerprint density at radius 2 is 2.00 bits per heavy atom. The van der Waals surface area contributed by atoms with Crippen LogP contribution in [-0.4, -0.2) is 56.0 Å². The topological polar surface area (TPSA) is 78.5 Å². The fourth-order valence-corrected chi connectivity index (χ4v) is 3.83. The highest BCUT2D eigenvalue weighted by atomic mass is 32.2. The van der Waals surface area contributed by atoms with E-state index in [9.17, 15) is 8.42 Å². The van der Waals surface area contributed by atoms with Crippen molar-refractivity contribution in [2.45, 2.75) is 5.03 Å². The summed E-state index contributed by atoms with van der Waals surface area (Å²) < 4.78 is 31.5. The summed E-state index contributed by atoms with van der Waals surface area (Å²) in [6, 6.07) is 7.78. The molecular formula is C14H18N4O3S. The molecule has 0 aliphatic carbocycles. The molecule has 22 heavy (non-hydrogen) atoms. The largest absolute Gasteiger partial charge is 0.497 e. The number of nitrogens with zero attached hydrogens (tertiary/aromatic N) is 3. The van der Waals surface area contributed by atoms with Crippen molar-refractivity contribution in [1.82, 2.24) is 14.3 Å². The number of anilines is 1. The van der Waals surface area contributed by atoms with Gasteiger partial charge in [0.05, 0.1) is 19.6 Å². The number of imidazole rings is 1. The van der Waals surface area contributed by atoms with Gasteiger partial charge in [-0.15, -0.1) is 0 Å². The Labute approximate surface area is 129 Å². The maximum Gasteiger partial charge on any atom is 0.260 e. The number of methoxy groups -OCH3 is 1. The lowest BCUT2D eigenvalue weighted by Crippen LogP contribution is -2.48. The zero-order chi connectivity index (χ0) is 15.6. The van der Waals surface area contributed by atoms with Gasteiger partial charge in [-0.3, -0.25) is 0 Å². The van der Waals surface area contributed by atoms with Crippen LogP contribution in [0.4, 0.5) is 5.69 Å². The SMILES string of the molecule is COc1cccc(N2CCN(S(=O)(=O)c3cnc[nH]3)CC2)c1. The molecule has 7 nitrogen and oxygen atoms in total. The van der Waals surface area contributed by atoms with Crippen molar-refractivity contribution in [2.75, 3.05) is 38.2 Å². The number of hydrogen-bond acceptors (Lipinski definition) is 5. The Morgan fingerprint density at radius 1 is 1.23 bits per heavy atom. The molecule has 1 saturated heterocycles. The van der Waals surface area contributed by atoms with Gasteiger partial charge in [0.2, 0.25) is 0 Å². The Hall–Kier alpha value is -2.06. The molecule has 2 heterocycles. The molecule has 8 heteroatoms. The summed E-state index contributed by atoms with van der Waals surface area (Å²) in [4.78, 5) is 8.60. The van der Waals surface area contributed by atoms with Crippen LogP contribution < -0.4 is 9.64 Å². The highest BCUT2D eigenvalue weighted by Gasteiger charge is 2.29. The van der Waals surface area contributed by atoms with Crippen molar-refractivity contribution in [3.05, 3.63) is 36.8 Å². The maximum atomic E-state index is 12.4. The standard InChI is InChI=1S/C14H18N4O3S/c1-21-13-4-2-3-12(9-13)17-5-7-18(8-6-17)22(19,20)14-10-15-11-16-14/h2-4,9-11H,5-8H2,1H3,(H,15,16). The molecule has 0 radical (unpaired) electrons. The minimum absolute atomic E-state index is 0.141. The van der Waals surface area contributed by atoms with E-state index in [0.717, 1.165) is 11.4 Å². The molecule has 2 aromatic rings. The van der Waals surface area contributed by atoms with Crippen LogP contribution in [0.25, 0.3) is 0 Å². The van der Waals surface area contributed by atoms with E-state index in [2.05, 4.69) is 14.9 Å². The lowest BCUT2D eigenvalue weighted by molar-refractivity contribution is 0.382. The first kappa shape index (κ1) is 14.9. The van der Waals surface area contributed by atoms with Gasteiger partial charge >= 0.3 is 0 Å². The molecule has 3 rings (SSSR count). The quantitative estimate of drug-likeness (QED) is 0.906. The smallest absolute Gasteiger partial charge is 0.260 e. The predicted octanol–water partition coefficient (Wildman–Crippen LogP) is 0.929. The van der Waals surface area contributed by atoms with Crippen molar-refractivity contribution in [3.63, 3.8) is 0 Å². The number of ether oxygens (including phenoxy) is 1. The minimum Gasteiger partial charge on any atom is -0.497 e. The van der Waals surface area contributed by atoms with Gasteiger partial charge in [0.1, 0.15) is 5.75 Å². The van der Waals surface area contributed by atoms with Crippen molar-refractivity contribution in [3.8, 4) is 5.75 Å². The van der Waals surface area contributed by atoms with Gasteiger partial charge in [-0.05, 0) is 12.1 Å². The summed E-state index contributed by atoms with van der Waals surface area (Å²) in [5, 5.41) is 0.141. The van der Waals surface area contributed by atoms with Gasteiger partial charge in [0.15, 0.2) is 5.03 Å². The van der Waals surface area contributed by atoms with Crippen LogP contribution in [0.15, 0.2) is 41.8 Å². The van der Waals surface area contributed by atoms with Crippen LogP contribution >= 0.6 is 0 Å². The van der Waals surface area contributed by atoms with Crippen molar-refractivity contribution < 1.29 is 13.2 Å². The van der Waals surface area contributed by atoms with Gasteiger partial charge in [0.25, 0.3) is 10.0 Å². The van der Waals surface area contributed by atoms with Gasteiger partial charge in [-0.1, -0.05) is 6.07 Å². The molecule has 0 spiro atoms. The zero-order valence-corrected chi connectivity index (χ0v) is 13.1. The minimum atomic E-state index is -3.47. The van der Waals surface area contributed by atoms with Gasteiger partial charge in [0, 0.05) is 37.9 Å². The lowest BCUT2D eigenvalue weighted by atomic mass is 10.2. The van der Waals surface area contributed by atoms with Crippen LogP contribution in [0.3, 0.4) is 0 Å². The third kappa shape index (κ3) is 2.79. The molecule has 0 atom stereocenters. The Bertz CT molecular complexity index is 722. The van der Waals surface area contributed by atoms with E-state index >= 15 is 0 Å². The first-order chi connectivity index (χ1) is 10.6. The summed E-state index contributed by atoms with van der Waals surface area (Å²) in [6.45, 7) is 2.16. The molecule has 0 saturated carbocycles. The van der Waals surface area contributed by atoms with E-state index in [1.54, 1.807) is 7.11 Å². The number of H-pyrrole nitrogens is 1.